The lowest BCUT2D eigenvalue weighted by atomic mass is 10.1. The molecule has 3 heterocycles. The van der Waals surface area contributed by atoms with E-state index in [1.807, 2.05) is 18.2 Å². The quantitative estimate of drug-likeness (QED) is 0.679. The maximum absolute atomic E-state index is 13.0. The van der Waals surface area contributed by atoms with Crippen molar-refractivity contribution in [2.75, 3.05) is 20.2 Å². The number of aromatic nitrogens is 1. The van der Waals surface area contributed by atoms with Crippen LogP contribution in [0.15, 0.2) is 64.0 Å². The third-order valence-electron chi connectivity index (χ3n) is 5.39. The number of nitrogens with one attached hydrogen (secondary N) is 1. The minimum Gasteiger partial charge on any atom is -0.496 e. The first kappa shape index (κ1) is 20.0. The number of hydrogen-bond acceptors (Lipinski definition) is 5. The molecule has 4 rings (SSSR count). The predicted octanol–water partition coefficient (Wildman–Crippen LogP) is 2.44. The molecule has 0 fully saturated rings. The van der Waals surface area contributed by atoms with Crippen LogP contribution in [0.5, 0.6) is 5.75 Å². The van der Waals surface area contributed by atoms with E-state index < -0.39 is 0 Å². The summed E-state index contributed by atoms with van der Waals surface area (Å²) >= 11 is 0. The summed E-state index contributed by atoms with van der Waals surface area (Å²) in [5.41, 5.74) is 2.22. The number of ether oxygens (including phenoxy) is 1. The second kappa shape index (κ2) is 9.00. The van der Waals surface area contributed by atoms with Crippen LogP contribution in [0, 0.1) is 0 Å². The van der Waals surface area contributed by atoms with Crippen molar-refractivity contribution in [3.05, 3.63) is 87.7 Å². The van der Waals surface area contributed by atoms with Crippen molar-refractivity contribution in [3.8, 4) is 5.75 Å². The molecule has 0 saturated heterocycles. The van der Waals surface area contributed by atoms with E-state index in [0.717, 1.165) is 19.6 Å². The van der Waals surface area contributed by atoms with Gasteiger partial charge in [0.2, 0.25) is 0 Å². The number of fused-ring (bicyclic) bond motifs is 1. The summed E-state index contributed by atoms with van der Waals surface area (Å²) < 4.78 is 12.4. The molecule has 0 bridgehead atoms. The van der Waals surface area contributed by atoms with Gasteiger partial charge >= 0.3 is 0 Å². The fourth-order valence-electron chi connectivity index (χ4n) is 3.87. The number of pyridine rings is 1. The Kier molecular flexibility index (Phi) is 5.99. The summed E-state index contributed by atoms with van der Waals surface area (Å²) in [6.07, 6.45) is 2.15. The molecule has 0 unspecified atom stereocenters. The number of carbonyl (C=O) groups is 1. The molecule has 156 valence electrons. The molecular weight excluding hydrogens is 382 g/mol. The van der Waals surface area contributed by atoms with Crippen molar-refractivity contribution in [2.45, 2.75) is 26.1 Å². The fourth-order valence-corrected chi connectivity index (χ4v) is 3.87. The van der Waals surface area contributed by atoms with Crippen LogP contribution in [-0.4, -0.2) is 35.6 Å². The number of carbonyl (C=O) groups excluding carboxylic acids is 1. The normalized spacial score (nSPS) is 14.0. The second-order valence-electron chi connectivity index (χ2n) is 7.30. The second-order valence-corrected chi connectivity index (χ2v) is 7.30. The average Bonchev–Trinajstić information content (AvgIpc) is 3.20. The summed E-state index contributed by atoms with van der Waals surface area (Å²) in [6.45, 7) is 3.10. The number of amides is 1. The predicted molar refractivity (Wildman–Crippen MR) is 113 cm³/mol. The lowest BCUT2D eigenvalue weighted by Gasteiger charge is -2.19. The van der Waals surface area contributed by atoms with Crippen LogP contribution in [-0.2, 0) is 26.1 Å². The van der Waals surface area contributed by atoms with Gasteiger partial charge in [-0.25, -0.2) is 0 Å². The van der Waals surface area contributed by atoms with Crippen molar-refractivity contribution < 1.29 is 13.9 Å². The molecule has 7 nitrogen and oxygen atoms in total. The van der Waals surface area contributed by atoms with Gasteiger partial charge in [-0.05, 0) is 17.7 Å². The highest BCUT2D eigenvalue weighted by Crippen LogP contribution is 2.23. The maximum atomic E-state index is 13.0. The maximum Gasteiger partial charge on any atom is 0.257 e. The van der Waals surface area contributed by atoms with Gasteiger partial charge in [-0.1, -0.05) is 30.3 Å². The monoisotopic (exact) mass is 407 g/mol. The highest BCUT2D eigenvalue weighted by Gasteiger charge is 2.25. The van der Waals surface area contributed by atoms with Gasteiger partial charge in [-0.15, -0.1) is 0 Å². The molecule has 0 radical (unpaired) electrons. The minimum atomic E-state index is -0.275. The standard InChI is InChI=1S/C23H25N3O4/c1-29-20-14-21(27)26-12-11-25(16-17-6-3-2-4-7-17)10-9-19(26)22(20)23(28)24-15-18-8-5-13-30-18/h2-8,13-14H,9-12,15-16H2,1H3,(H,24,28). The van der Waals surface area contributed by atoms with Gasteiger partial charge in [0.25, 0.3) is 11.5 Å². The van der Waals surface area contributed by atoms with Gasteiger partial charge in [-0.2, -0.15) is 0 Å². The smallest absolute Gasteiger partial charge is 0.257 e. The fraction of sp³-hybridized carbons (Fsp3) is 0.304. The molecule has 0 atom stereocenters. The number of benzene rings is 1. The highest BCUT2D eigenvalue weighted by atomic mass is 16.5. The lowest BCUT2D eigenvalue weighted by Crippen LogP contribution is -2.31. The van der Waals surface area contributed by atoms with Crippen LogP contribution in [0.3, 0.4) is 0 Å². The summed E-state index contributed by atoms with van der Waals surface area (Å²) in [5.74, 6) is 0.693. The molecule has 3 aromatic rings. The molecule has 30 heavy (non-hydrogen) atoms. The zero-order valence-electron chi connectivity index (χ0n) is 17.0. The van der Waals surface area contributed by atoms with Crippen molar-refractivity contribution in [2.24, 2.45) is 0 Å². The number of methoxy groups -OCH3 is 1. The first-order chi connectivity index (χ1) is 14.7. The number of furan rings is 1. The average molecular weight is 407 g/mol. The van der Waals surface area contributed by atoms with E-state index in [1.165, 1.54) is 18.7 Å². The first-order valence-corrected chi connectivity index (χ1v) is 10.0. The van der Waals surface area contributed by atoms with Gasteiger partial charge in [0.1, 0.15) is 17.1 Å². The Labute approximate surface area is 174 Å². The lowest BCUT2D eigenvalue weighted by molar-refractivity contribution is 0.0942. The third kappa shape index (κ3) is 4.31. The van der Waals surface area contributed by atoms with Crippen LogP contribution in [0.2, 0.25) is 0 Å². The van der Waals surface area contributed by atoms with E-state index in [0.29, 0.717) is 35.7 Å². The molecule has 7 heteroatoms. The summed E-state index contributed by atoms with van der Waals surface area (Å²) in [5, 5.41) is 2.88. The molecule has 2 aromatic heterocycles. The minimum absolute atomic E-state index is 0.147. The molecule has 1 N–H and O–H groups in total. The number of rotatable bonds is 6. The van der Waals surface area contributed by atoms with Crippen molar-refractivity contribution in [1.82, 2.24) is 14.8 Å². The molecule has 1 aliphatic rings. The molecule has 1 aliphatic heterocycles. The SMILES string of the molecule is COc1cc(=O)n2c(c1C(=O)NCc1ccco1)CCN(Cc1ccccc1)CC2. The molecule has 1 amide bonds. The first-order valence-electron chi connectivity index (χ1n) is 10.0. The number of nitrogens with zero attached hydrogens (tertiary/aromatic N) is 2. The molecular formula is C23H25N3O4. The van der Waals surface area contributed by atoms with Gasteiger partial charge in [0, 0.05) is 44.4 Å². The van der Waals surface area contributed by atoms with E-state index >= 15 is 0 Å². The molecule has 0 aliphatic carbocycles. The van der Waals surface area contributed by atoms with Crippen LogP contribution in [0.4, 0.5) is 0 Å². The van der Waals surface area contributed by atoms with Crippen molar-refractivity contribution in [3.63, 3.8) is 0 Å². The summed E-state index contributed by atoms with van der Waals surface area (Å²) in [4.78, 5) is 28.0. The van der Waals surface area contributed by atoms with Crippen LogP contribution >= 0.6 is 0 Å². The van der Waals surface area contributed by atoms with Gasteiger partial charge in [-0.3, -0.25) is 14.5 Å². The van der Waals surface area contributed by atoms with E-state index in [4.69, 9.17) is 9.15 Å². The van der Waals surface area contributed by atoms with Crippen molar-refractivity contribution >= 4 is 5.91 Å². The Bertz CT molecular complexity index is 1060. The Morgan fingerprint density at radius 2 is 1.97 bits per heavy atom. The van der Waals surface area contributed by atoms with Crippen LogP contribution < -0.4 is 15.6 Å². The van der Waals surface area contributed by atoms with Gasteiger partial charge < -0.3 is 19.0 Å². The van der Waals surface area contributed by atoms with Crippen LogP contribution in [0.1, 0.15) is 27.4 Å². The van der Waals surface area contributed by atoms with E-state index in [-0.39, 0.29) is 18.0 Å². The van der Waals surface area contributed by atoms with Crippen LogP contribution in [0.25, 0.3) is 0 Å². The van der Waals surface area contributed by atoms with Gasteiger partial charge in [0.05, 0.1) is 19.9 Å². The summed E-state index contributed by atoms with van der Waals surface area (Å²) in [6, 6.07) is 15.2. The highest BCUT2D eigenvalue weighted by molar-refractivity contribution is 5.98. The van der Waals surface area contributed by atoms with Gasteiger partial charge in [0.15, 0.2) is 0 Å². The Morgan fingerprint density at radius 3 is 2.70 bits per heavy atom. The van der Waals surface area contributed by atoms with E-state index in [2.05, 4.69) is 22.3 Å². The molecule has 1 aromatic carbocycles. The largest absolute Gasteiger partial charge is 0.496 e. The Morgan fingerprint density at radius 1 is 1.13 bits per heavy atom. The number of hydrogen-bond donors (Lipinski definition) is 1. The van der Waals surface area contributed by atoms with Crippen molar-refractivity contribution in [1.29, 1.82) is 0 Å². The zero-order valence-corrected chi connectivity index (χ0v) is 17.0. The van der Waals surface area contributed by atoms with E-state index in [9.17, 15) is 9.59 Å². The topological polar surface area (TPSA) is 76.7 Å². The molecule has 0 saturated carbocycles. The molecule has 0 spiro atoms. The third-order valence-corrected chi connectivity index (χ3v) is 5.39. The Hall–Kier alpha value is -3.32. The summed E-state index contributed by atoms with van der Waals surface area (Å²) in [7, 11) is 1.48. The Balaban J connectivity index is 1.58. The van der Waals surface area contributed by atoms with E-state index in [1.54, 1.807) is 23.0 Å². The zero-order chi connectivity index (χ0) is 20.9.